The molecule has 7 nitrogen and oxygen atoms in total. The molecule has 1 aromatic carbocycles. The number of hydrogen-bond donors (Lipinski definition) is 3. The van der Waals surface area contributed by atoms with Crippen LogP contribution < -0.4 is 15.4 Å². The number of urea groups is 1. The molecule has 3 N–H and O–H groups in total. The normalized spacial score (nSPS) is 13.4. The predicted molar refractivity (Wildman–Crippen MR) is 73.6 cm³/mol. The molecule has 8 heteroatoms. The minimum Gasteiger partial charge on any atom is -0.484 e. The largest absolute Gasteiger partial charge is 0.484 e. The van der Waals surface area contributed by atoms with Crippen LogP contribution in [0.15, 0.2) is 18.2 Å². The van der Waals surface area contributed by atoms with E-state index in [0.29, 0.717) is 0 Å². The number of carbonyl (C=O) groups is 3. The molecule has 0 atom stereocenters. The van der Waals surface area contributed by atoms with E-state index in [0.717, 1.165) is 12.8 Å². The van der Waals surface area contributed by atoms with Gasteiger partial charge in [-0.25, -0.2) is 9.59 Å². The molecule has 2 rings (SSSR count). The van der Waals surface area contributed by atoms with Crippen molar-refractivity contribution in [3.63, 3.8) is 0 Å². The fourth-order valence-corrected chi connectivity index (χ4v) is 1.72. The Balaban J connectivity index is 1.84. The molecule has 0 spiro atoms. The van der Waals surface area contributed by atoms with Crippen LogP contribution in [0.3, 0.4) is 0 Å². The molecule has 112 valence electrons. The molecule has 1 saturated carbocycles. The number of halogens is 1. The third-order valence-corrected chi connectivity index (χ3v) is 3.03. The van der Waals surface area contributed by atoms with Crippen molar-refractivity contribution in [2.24, 2.45) is 0 Å². The average Bonchev–Trinajstić information content (AvgIpc) is 3.21. The van der Waals surface area contributed by atoms with Gasteiger partial charge in [-0.1, -0.05) is 11.6 Å². The Morgan fingerprint density at radius 1 is 1.33 bits per heavy atom. The Hall–Kier alpha value is -2.28. The first-order chi connectivity index (χ1) is 9.95. The van der Waals surface area contributed by atoms with Crippen molar-refractivity contribution >= 4 is 29.5 Å². The number of rotatable bonds is 5. The zero-order chi connectivity index (χ0) is 15.4. The SMILES string of the molecule is O=C(COc1ccc(Cl)c(C(=O)O)c1)NC(=O)NC1CC1. The van der Waals surface area contributed by atoms with Crippen LogP contribution in [0, 0.1) is 0 Å². The van der Waals surface area contributed by atoms with E-state index in [1.54, 1.807) is 0 Å². The van der Waals surface area contributed by atoms with Crippen LogP contribution in [0.2, 0.25) is 5.02 Å². The van der Waals surface area contributed by atoms with E-state index in [4.69, 9.17) is 21.4 Å². The maximum absolute atomic E-state index is 11.5. The molecule has 1 fully saturated rings. The van der Waals surface area contributed by atoms with Gasteiger partial charge in [0.2, 0.25) is 0 Å². The van der Waals surface area contributed by atoms with E-state index in [2.05, 4.69) is 10.6 Å². The molecule has 0 saturated heterocycles. The van der Waals surface area contributed by atoms with Gasteiger partial charge in [0, 0.05) is 6.04 Å². The van der Waals surface area contributed by atoms with E-state index in [-0.39, 0.29) is 22.4 Å². The van der Waals surface area contributed by atoms with E-state index < -0.39 is 24.5 Å². The van der Waals surface area contributed by atoms with Gasteiger partial charge in [-0.15, -0.1) is 0 Å². The van der Waals surface area contributed by atoms with Crippen LogP contribution >= 0.6 is 11.6 Å². The summed E-state index contributed by atoms with van der Waals surface area (Å²) in [6.07, 6.45) is 1.84. The zero-order valence-corrected chi connectivity index (χ0v) is 11.6. The fourth-order valence-electron chi connectivity index (χ4n) is 1.52. The van der Waals surface area contributed by atoms with Crippen molar-refractivity contribution in [1.29, 1.82) is 0 Å². The van der Waals surface area contributed by atoms with Gasteiger partial charge < -0.3 is 15.2 Å². The molecule has 0 aliphatic heterocycles. The molecular weight excluding hydrogens is 300 g/mol. The molecule has 0 heterocycles. The topological polar surface area (TPSA) is 105 Å². The molecule has 0 aromatic heterocycles. The van der Waals surface area contributed by atoms with Gasteiger partial charge in [-0.3, -0.25) is 10.1 Å². The molecule has 0 bridgehead atoms. The maximum Gasteiger partial charge on any atom is 0.337 e. The smallest absolute Gasteiger partial charge is 0.337 e. The lowest BCUT2D eigenvalue weighted by Crippen LogP contribution is -2.42. The highest BCUT2D eigenvalue weighted by molar-refractivity contribution is 6.33. The highest BCUT2D eigenvalue weighted by Crippen LogP contribution is 2.22. The monoisotopic (exact) mass is 312 g/mol. The first-order valence-corrected chi connectivity index (χ1v) is 6.59. The molecule has 3 amide bonds. The Bertz CT molecular complexity index is 586. The molecule has 1 aliphatic carbocycles. The number of nitrogens with one attached hydrogen (secondary N) is 2. The van der Waals surface area contributed by atoms with Crippen LogP contribution in [0.25, 0.3) is 0 Å². The summed E-state index contributed by atoms with van der Waals surface area (Å²) in [4.78, 5) is 33.7. The lowest BCUT2D eigenvalue weighted by atomic mass is 10.2. The Morgan fingerprint density at radius 2 is 2.05 bits per heavy atom. The molecule has 1 aromatic rings. The summed E-state index contributed by atoms with van der Waals surface area (Å²) in [5.41, 5.74) is -0.124. The first-order valence-electron chi connectivity index (χ1n) is 6.21. The number of carboxylic acids is 1. The Labute approximate surface area is 125 Å². The number of carboxylic acid groups (broad SMARTS) is 1. The Morgan fingerprint density at radius 3 is 2.67 bits per heavy atom. The van der Waals surface area contributed by atoms with Gasteiger partial charge in [0.05, 0.1) is 10.6 Å². The number of ether oxygens (including phenoxy) is 1. The number of hydrogen-bond acceptors (Lipinski definition) is 4. The summed E-state index contributed by atoms with van der Waals surface area (Å²) in [6.45, 7) is -0.404. The predicted octanol–water partition coefficient (Wildman–Crippen LogP) is 1.41. The second-order valence-corrected chi connectivity index (χ2v) is 4.94. The van der Waals surface area contributed by atoms with E-state index >= 15 is 0 Å². The van der Waals surface area contributed by atoms with Crippen molar-refractivity contribution in [3.05, 3.63) is 28.8 Å². The van der Waals surface area contributed by atoms with Crippen molar-refractivity contribution in [2.45, 2.75) is 18.9 Å². The number of carbonyl (C=O) groups excluding carboxylic acids is 2. The van der Waals surface area contributed by atoms with Crippen molar-refractivity contribution in [2.75, 3.05) is 6.61 Å². The van der Waals surface area contributed by atoms with Crippen LogP contribution in [0.1, 0.15) is 23.2 Å². The van der Waals surface area contributed by atoms with Crippen LogP contribution in [-0.4, -0.2) is 35.7 Å². The molecule has 0 radical (unpaired) electrons. The van der Waals surface area contributed by atoms with Crippen LogP contribution in [0.4, 0.5) is 4.79 Å². The summed E-state index contributed by atoms with van der Waals surface area (Å²) >= 11 is 5.71. The van der Waals surface area contributed by atoms with Crippen molar-refractivity contribution in [3.8, 4) is 5.75 Å². The standard InChI is InChI=1S/C13H13ClN2O5/c14-10-4-3-8(5-9(10)12(18)19)21-6-11(17)16-13(20)15-7-1-2-7/h3-5,7H,1-2,6H2,(H,18,19)(H2,15,16,17,20). The number of aromatic carboxylic acids is 1. The summed E-state index contributed by atoms with van der Waals surface area (Å²) < 4.78 is 5.12. The summed E-state index contributed by atoms with van der Waals surface area (Å²) in [5.74, 6) is -1.65. The van der Waals surface area contributed by atoms with E-state index in [9.17, 15) is 14.4 Å². The van der Waals surface area contributed by atoms with Crippen molar-refractivity contribution < 1.29 is 24.2 Å². The van der Waals surface area contributed by atoms with Crippen LogP contribution in [-0.2, 0) is 4.79 Å². The third kappa shape index (κ3) is 4.64. The highest BCUT2D eigenvalue weighted by atomic mass is 35.5. The third-order valence-electron chi connectivity index (χ3n) is 2.70. The minimum atomic E-state index is -1.20. The number of imide groups is 1. The lowest BCUT2D eigenvalue weighted by molar-refractivity contribution is -0.122. The highest BCUT2D eigenvalue weighted by Gasteiger charge is 2.23. The fraction of sp³-hybridized carbons (Fsp3) is 0.308. The molecule has 0 unspecified atom stereocenters. The van der Waals surface area contributed by atoms with E-state index in [1.165, 1.54) is 18.2 Å². The number of amides is 3. The molecule has 21 heavy (non-hydrogen) atoms. The van der Waals surface area contributed by atoms with Crippen LogP contribution in [0.5, 0.6) is 5.75 Å². The summed E-state index contributed by atoms with van der Waals surface area (Å²) in [6, 6.07) is 3.59. The lowest BCUT2D eigenvalue weighted by Gasteiger charge is -2.08. The van der Waals surface area contributed by atoms with Crippen molar-refractivity contribution in [1.82, 2.24) is 10.6 Å². The first kappa shape index (κ1) is 15.1. The average molecular weight is 313 g/mol. The quantitative estimate of drug-likeness (QED) is 0.762. The van der Waals surface area contributed by atoms with Gasteiger partial charge in [0.15, 0.2) is 6.61 Å². The molecular formula is C13H13ClN2O5. The molecule has 1 aliphatic rings. The van der Waals surface area contributed by atoms with Gasteiger partial charge in [0.1, 0.15) is 5.75 Å². The van der Waals surface area contributed by atoms with Gasteiger partial charge in [-0.05, 0) is 31.0 Å². The minimum absolute atomic E-state index is 0.0723. The van der Waals surface area contributed by atoms with Gasteiger partial charge in [-0.2, -0.15) is 0 Å². The summed E-state index contributed by atoms with van der Waals surface area (Å²) in [7, 11) is 0. The summed E-state index contributed by atoms with van der Waals surface area (Å²) in [5, 5.41) is 13.7. The van der Waals surface area contributed by atoms with E-state index in [1.807, 2.05) is 0 Å². The second-order valence-electron chi connectivity index (χ2n) is 4.53. The Kier molecular flexibility index (Phi) is 4.64. The van der Waals surface area contributed by atoms with Gasteiger partial charge >= 0.3 is 12.0 Å². The second kappa shape index (κ2) is 6.45. The number of benzene rings is 1. The maximum atomic E-state index is 11.5. The zero-order valence-electron chi connectivity index (χ0n) is 10.9. The van der Waals surface area contributed by atoms with Gasteiger partial charge in [0.25, 0.3) is 5.91 Å².